The smallest absolute Gasteiger partial charge is 0.278 e. The Morgan fingerprint density at radius 2 is 1.63 bits per heavy atom. The molecule has 0 unspecified atom stereocenters. The topological polar surface area (TPSA) is 68.9 Å². The van der Waals surface area contributed by atoms with Gasteiger partial charge in [-0.3, -0.25) is 18.7 Å². The summed E-state index contributed by atoms with van der Waals surface area (Å²) in [5.41, 5.74) is 4.30. The van der Waals surface area contributed by atoms with Gasteiger partial charge < -0.3 is 5.32 Å². The van der Waals surface area contributed by atoms with E-state index in [0.717, 1.165) is 29.4 Å². The second kappa shape index (κ2) is 11.0. The van der Waals surface area contributed by atoms with E-state index in [1.807, 2.05) is 55.5 Å². The van der Waals surface area contributed by atoms with E-state index in [-0.39, 0.29) is 17.2 Å². The molecule has 192 valence electrons. The van der Waals surface area contributed by atoms with Crippen LogP contribution in [0.1, 0.15) is 18.1 Å². The molecule has 10 heteroatoms. The third kappa shape index (κ3) is 5.33. The standard InChI is InChI=1S/C28H23FN4O2S3/c1-3-18-6-12-21(13-7-18)32-25-24(38-28(32)36)26(35)33(22-14-8-19(29)9-15-22)27(31-25)37-16-23(34)30-20-10-4-17(2)5-11-20/h4-15H,3,16H2,1-2H3,(H,30,34). The van der Waals surface area contributed by atoms with Gasteiger partial charge in [0.1, 0.15) is 10.5 Å². The minimum absolute atomic E-state index is 0.0169. The Hall–Kier alpha value is -3.60. The van der Waals surface area contributed by atoms with Gasteiger partial charge in [-0.1, -0.05) is 59.9 Å². The second-order valence-electron chi connectivity index (χ2n) is 8.59. The van der Waals surface area contributed by atoms with Crippen molar-refractivity contribution in [3.05, 3.63) is 104 Å². The lowest BCUT2D eigenvalue weighted by Crippen LogP contribution is -2.22. The molecule has 0 radical (unpaired) electrons. The van der Waals surface area contributed by atoms with Gasteiger partial charge in [-0.05, 0) is 79.7 Å². The number of rotatable bonds is 7. The number of aromatic nitrogens is 3. The average Bonchev–Trinajstić information content (AvgIpc) is 3.25. The predicted molar refractivity (Wildman–Crippen MR) is 155 cm³/mol. The van der Waals surface area contributed by atoms with Crippen LogP contribution in [0.25, 0.3) is 21.7 Å². The van der Waals surface area contributed by atoms with Crippen LogP contribution in [0.15, 0.2) is 82.7 Å². The van der Waals surface area contributed by atoms with Crippen LogP contribution < -0.4 is 10.9 Å². The van der Waals surface area contributed by atoms with Gasteiger partial charge in [-0.2, -0.15) is 0 Å². The Labute approximate surface area is 231 Å². The van der Waals surface area contributed by atoms with Gasteiger partial charge in [0, 0.05) is 11.4 Å². The maximum atomic E-state index is 13.8. The summed E-state index contributed by atoms with van der Waals surface area (Å²) in [6.45, 7) is 4.06. The fraction of sp³-hybridized carbons (Fsp3) is 0.143. The first kappa shape index (κ1) is 26.0. The highest BCUT2D eigenvalue weighted by atomic mass is 32.2. The van der Waals surface area contributed by atoms with Crippen LogP contribution in [-0.4, -0.2) is 25.8 Å². The number of halogens is 1. The summed E-state index contributed by atoms with van der Waals surface area (Å²) in [4.78, 5) is 31.3. The molecule has 0 spiro atoms. The number of nitrogens with one attached hydrogen (secondary N) is 1. The van der Waals surface area contributed by atoms with Gasteiger partial charge in [-0.25, -0.2) is 9.37 Å². The molecule has 1 N–H and O–H groups in total. The molecule has 0 aliphatic rings. The molecule has 0 fully saturated rings. The number of thiazole rings is 1. The molecule has 6 nitrogen and oxygen atoms in total. The first-order valence-corrected chi connectivity index (χ1v) is 14.1. The molecule has 2 heterocycles. The number of carbonyl (C=O) groups is 1. The van der Waals surface area contributed by atoms with Crippen molar-refractivity contribution >= 4 is 57.3 Å². The Morgan fingerprint density at radius 3 is 2.29 bits per heavy atom. The summed E-state index contributed by atoms with van der Waals surface area (Å²) in [7, 11) is 0. The molecule has 1 amide bonds. The van der Waals surface area contributed by atoms with E-state index in [1.165, 1.54) is 45.7 Å². The summed E-state index contributed by atoms with van der Waals surface area (Å²) in [5, 5.41) is 3.17. The van der Waals surface area contributed by atoms with Gasteiger partial charge in [0.15, 0.2) is 14.8 Å². The molecule has 0 saturated carbocycles. The molecule has 38 heavy (non-hydrogen) atoms. The third-order valence-corrected chi connectivity index (χ3v) is 8.22. The molecule has 0 aliphatic heterocycles. The van der Waals surface area contributed by atoms with Crippen molar-refractivity contribution in [2.75, 3.05) is 11.1 Å². The largest absolute Gasteiger partial charge is 0.325 e. The van der Waals surface area contributed by atoms with E-state index in [1.54, 1.807) is 4.57 Å². The first-order chi connectivity index (χ1) is 18.3. The Bertz CT molecular complexity index is 1740. The molecule has 0 saturated heterocycles. The van der Waals surface area contributed by atoms with E-state index in [9.17, 15) is 14.0 Å². The molecular formula is C28H23FN4O2S3. The quantitative estimate of drug-likeness (QED) is 0.136. The van der Waals surface area contributed by atoms with E-state index in [4.69, 9.17) is 17.2 Å². The lowest BCUT2D eigenvalue weighted by Gasteiger charge is -2.13. The first-order valence-electron chi connectivity index (χ1n) is 11.9. The summed E-state index contributed by atoms with van der Waals surface area (Å²) < 4.78 is 17.7. The van der Waals surface area contributed by atoms with Gasteiger partial charge in [0.2, 0.25) is 5.91 Å². The average molecular weight is 563 g/mol. The molecule has 0 aliphatic carbocycles. The number of fused-ring (bicyclic) bond motifs is 1. The Balaban J connectivity index is 1.58. The lowest BCUT2D eigenvalue weighted by molar-refractivity contribution is -0.113. The SMILES string of the molecule is CCc1ccc(-n2c(=S)sc3c(=O)n(-c4ccc(F)cc4)c(SCC(=O)Nc4ccc(C)cc4)nc32)cc1. The van der Waals surface area contributed by atoms with E-state index in [0.29, 0.717) is 30.8 Å². The second-order valence-corrected chi connectivity index (χ2v) is 11.2. The van der Waals surface area contributed by atoms with E-state index >= 15 is 0 Å². The molecule has 3 aromatic carbocycles. The highest BCUT2D eigenvalue weighted by Crippen LogP contribution is 2.28. The highest BCUT2D eigenvalue weighted by molar-refractivity contribution is 7.99. The fourth-order valence-corrected chi connectivity index (χ4v) is 6.03. The molecule has 5 aromatic rings. The number of amides is 1. The van der Waals surface area contributed by atoms with Crippen LogP contribution in [0, 0.1) is 16.7 Å². The Morgan fingerprint density at radius 1 is 1.00 bits per heavy atom. The highest BCUT2D eigenvalue weighted by Gasteiger charge is 2.20. The van der Waals surface area contributed by atoms with Gasteiger partial charge in [-0.15, -0.1) is 0 Å². The Kier molecular flexibility index (Phi) is 7.55. The predicted octanol–water partition coefficient (Wildman–Crippen LogP) is 6.71. The number of hydrogen-bond donors (Lipinski definition) is 1. The van der Waals surface area contributed by atoms with Crippen molar-refractivity contribution in [1.82, 2.24) is 14.1 Å². The van der Waals surface area contributed by atoms with Crippen LogP contribution in [0.4, 0.5) is 10.1 Å². The zero-order valence-electron chi connectivity index (χ0n) is 20.6. The van der Waals surface area contributed by atoms with Crippen LogP contribution in [0.3, 0.4) is 0 Å². The van der Waals surface area contributed by atoms with Crippen molar-refractivity contribution in [2.24, 2.45) is 0 Å². The van der Waals surface area contributed by atoms with Crippen LogP contribution in [-0.2, 0) is 11.2 Å². The van der Waals surface area contributed by atoms with Crippen molar-refractivity contribution < 1.29 is 9.18 Å². The van der Waals surface area contributed by atoms with Gasteiger partial charge in [0.05, 0.1) is 11.4 Å². The zero-order chi connectivity index (χ0) is 26.8. The molecule has 0 atom stereocenters. The zero-order valence-corrected chi connectivity index (χ0v) is 23.1. The molecule has 0 bridgehead atoms. The van der Waals surface area contributed by atoms with Crippen LogP contribution in [0.5, 0.6) is 0 Å². The summed E-state index contributed by atoms with van der Waals surface area (Å²) >= 11 is 7.94. The number of carbonyl (C=O) groups excluding carboxylic acids is 1. The van der Waals surface area contributed by atoms with Crippen LogP contribution >= 0.6 is 35.3 Å². The maximum absolute atomic E-state index is 13.8. The summed E-state index contributed by atoms with van der Waals surface area (Å²) in [6, 6.07) is 21.0. The summed E-state index contributed by atoms with van der Waals surface area (Å²) in [6.07, 6.45) is 0.905. The van der Waals surface area contributed by atoms with Crippen molar-refractivity contribution in [1.29, 1.82) is 0 Å². The number of thioether (sulfide) groups is 1. The number of anilines is 1. The fourth-order valence-electron chi connectivity index (χ4n) is 3.92. The normalized spacial score (nSPS) is 11.1. The molecule has 5 rings (SSSR count). The van der Waals surface area contributed by atoms with Crippen molar-refractivity contribution in [2.45, 2.75) is 25.4 Å². The van der Waals surface area contributed by atoms with E-state index in [2.05, 4.69) is 12.2 Å². The van der Waals surface area contributed by atoms with E-state index < -0.39 is 5.82 Å². The molecule has 2 aromatic heterocycles. The third-order valence-electron chi connectivity index (χ3n) is 5.93. The summed E-state index contributed by atoms with van der Waals surface area (Å²) in [5.74, 6) is -0.640. The number of aryl methyl sites for hydroxylation is 2. The monoisotopic (exact) mass is 562 g/mol. The minimum Gasteiger partial charge on any atom is -0.325 e. The van der Waals surface area contributed by atoms with Crippen molar-refractivity contribution in [3.8, 4) is 11.4 Å². The number of benzene rings is 3. The lowest BCUT2D eigenvalue weighted by atomic mass is 10.1. The molecular weight excluding hydrogens is 540 g/mol. The van der Waals surface area contributed by atoms with Gasteiger partial charge >= 0.3 is 0 Å². The minimum atomic E-state index is -0.417. The number of hydrogen-bond acceptors (Lipinski definition) is 6. The van der Waals surface area contributed by atoms with Gasteiger partial charge in [0.25, 0.3) is 5.56 Å². The van der Waals surface area contributed by atoms with Crippen LogP contribution in [0.2, 0.25) is 0 Å². The van der Waals surface area contributed by atoms with Crippen molar-refractivity contribution in [3.63, 3.8) is 0 Å². The number of nitrogens with zero attached hydrogens (tertiary/aromatic N) is 3. The maximum Gasteiger partial charge on any atom is 0.278 e.